The van der Waals surface area contributed by atoms with Gasteiger partial charge in [0.25, 0.3) is 0 Å². The Labute approximate surface area is 121 Å². The van der Waals surface area contributed by atoms with Crippen LogP contribution in [0.5, 0.6) is 0 Å². The third kappa shape index (κ3) is 2.51. The van der Waals surface area contributed by atoms with Gasteiger partial charge in [0.1, 0.15) is 5.76 Å². The highest BCUT2D eigenvalue weighted by molar-refractivity contribution is 7.10. The van der Waals surface area contributed by atoms with E-state index >= 15 is 0 Å². The predicted octanol–water partition coefficient (Wildman–Crippen LogP) is 2.71. The molecule has 3 heterocycles. The number of amides is 1. The molecule has 5 heteroatoms. The Bertz CT molecular complexity index is 542. The van der Waals surface area contributed by atoms with E-state index in [1.807, 2.05) is 29.6 Å². The average Bonchev–Trinajstić information content (AvgIpc) is 3.18. The van der Waals surface area contributed by atoms with Crippen molar-refractivity contribution >= 4 is 17.2 Å². The molecule has 106 valence electrons. The van der Waals surface area contributed by atoms with Gasteiger partial charge in [-0.05, 0) is 36.4 Å². The smallest absolute Gasteiger partial charge is 0.232 e. The van der Waals surface area contributed by atoms with Crippen LogP contribution in [0.2, 0.25) is 0 Å². The fourth-order valence-electron chi connectivity index (χ4n) is 2.61. The van der Waals surface area contributed by atoms with Crippen LogP contribution in [0.25, 0.3) is 0 Å². The summed E-state index contributed by atoms with van der Waals surface area (Å²) in [6, 6.07) is 7.73. The lowest BCUT2D eigenvalue weighted by molar-refractivity contribution is -0.130. The molecule has 4 nitrogen and oxygen atoms in total. The van der Waals surface area contributed by atoms with Crippen molar-refractivity contribution in [2.45, 2.75) is 24.8 Å². The van der Waals surface area contributed by atoms with Gasteiger partial charge in [-0.25, -0.2) is 0 Å². The summed E-state index contributed by atoms with van der Waals surface area (Å²) in [5.74, 6) is 0.839. The fraction of sp³-hybridized carbons (Fsp3) is 0.400. The standard InChI is InChI=1S/C15H17NO3S/c17-14(16-11-12-3-1-7-19-12)15(5-8-18-9-6-15)13-4-2-10-20-13/h1-4,7,10H,5-6,8-9,11H2,(H,16,17). The minimum atomic E-state index is -0.445. The highest BCUT2D eigenvalue weighted by Crippen LogP contribution is 2.37. The van der Waals surface area contributed by atoms with Crippen molar-refractivity contribution in [3.8, 4) is 0 Å². The van der Waals surface area contributed by atoms with Gasteiger partial charge in [0, 0.05) is 18.1 Å². The summed E-state index contributed by atoms with van der Waals surface area (Å²) < 4.78 is 10.7. The molecule has 0 atom stereocenters. The van der Waals surface area contributed by atoms with Crippen molar-refractivity contribution in [2.24, 2.45) is 0 Å². The van der Waals surface area contributed by atoms with Crippen LogP contribution in [0.1, 0.15) is 23.5 Å². The summed E-state index contributed by atoms with van der Waals surface area (Å²) in [6.07, 6.45) is 3.08. The van der Waals surface area contributed by atoms with Crippen LogP contribution < -0.4 is 5.32 Å². The number of hydrogen-bond donors (Lipinski definition) is 1. The van der Waals surface area contributed by atoms with Crippen LogP contribution in [-0.2, 0) is 21.5 Å². The van der Waals surface area contributed by atoms with Crippen LogP contribution >= 0.6 is 11.3 Å². The number of carbonyl (C=O) groups is 1. The van der Waals surface area contributed by atoms with Crippen LogP contribution in [-0.4, -0.2) is 19.1 Å². The minimum absolute atomic E-state index is 0.0691. The normalized spacial score (nSPS) is 17.8. The van der Waals surface area contributed by atoms with Gasteiger partial charge in [0.15, 0.2) is 0 Å². The monoisotopic (exact) mass is 291 g/mol. The molecule has 0 unspecified atom stereocenters. The van der Waals surface area contributed by atoms with Crippen molar-refractivity contribution in [1.82, 2.24) is 5.32 Å². The number of hydrogen-bond acceptors (Lipinski definition) is 4. The van der Waals surface area contributed by atoms with E-state index in [4.69, 9.17) is 9.15 Å². The summed E-state index contributed by atoms with van der Waals surface area (Å²) in [7, 11) is 0. The molecule has 2 aromatic rings. The first-order valence-corrected chi connectivity index (χ1v) is 7.62. The topological polar surface area (TPSA) is 51.5 Å². The predicted molar refractivity (Wildman–Crippen MR) is 76.6 cm³/mol. The molecular formula is C15H17NO3S. The molecule has 0 aromatic carbocycles. The lowest BCUT2D eigenvalue weighted by Gasteiger charge is -2.34. The zero-order chi connectivity index (χ0) is 13.8. The van der Waals surface area contributed by atoms with Crippen molar-refractivity contribution in [2.75, 3.05) is 13.2 Å². The molecule has 1 fully saturated rings. The summed E-state index contributed by atoms with van der Waals surface area (Å²) >= 11 is 1.64. The molecule has 1 aliphatic heterocycles. The second kappa shape index (κ2) is 5.81. The van der Waals surface area contributed by atoms with Crippen molar-refractivity contribution < 1.29 is 13.9 Å². The maximum atomic E-state index is 12.7. The molecule has 0 radical (unpaired) electrons. The lowest BCUT2D eigenvalue weighted by atomic mass is 9.78. The maximum absolute atomic E-state index is 12.7. The third-order valence-electron chi connectivity index (χ3n) is 3.78. The molecular weight excluding hydrogens is 274 g/mol. The van der Waals surface area contributed by atoms with Gasteiger partial charge in [0.05, 0.1) is 18.2 Å². The van der Waals surface area contributed by atoms with E-state index in [-0.39, 0.29) is 5.91 Å². The van der Waals surface area contributed by atoms with Gasteiger partial charge in [-0.2, -0.15) is 0 Å². The van der Waals surface area contributed by atoms with Gasteiger partial charge in [-0.1, -0.05) is 6.07 Å². The lowest BCUT2D eigenvalue weighted by Crippen LogP contribution is -2.47. The number of furan rings is 1. The highest BCUT2D eigenvalue weighted by atomic mass is 32.1. The Kier molecular flexibility index (Phi) is 3.89. The van der Waals surface area contributed by atoms with Gasteiger partial charge in [0.2, 0.25) is 5.91 Å². The van der Waals surface area contributed by atoms with Crippen molar-refractivity contribution in [3.63, 3.8) is 0 Å². The first kappa shape index (κ1) is 13.4. The largest absolute Gasteiger partial charge is 0.467 e. The van der Waals surface area contributed by atoms with E-state index in [1.165, 1.54) is 0 Å². The maximum Gasteiger partial charge on any atom is 0.232 e. The van der Waals surface area contributed by atoms with Crippen molar-refractivity contribution in [1.29, 1.82) is 0 Å². The van der Waals surface area contributed by atoms with Crippen LogP contribution in [0, 0.1) is 0 Å². The van der Waals surface area contributed by atoms with Gasteiger partial charge in [-0.3, -0.25) is 4.79 Å². The molecule has 20 heavy (non-hydrogen) atoms. The van der Waals surface area contributed by atoms with Crippen LogP contribution in [0.4, 0.5) is 0 Å². The number of carbonyl (C=O) groups excluding carboxylic acids is 1. The molecule has 0 aliphatic carbocycles. The van der Waals surface area contributed by atoms with Gasteiger partial charge in [-0.15, -0.1) is 11.3 Å². The van der Waals surface area contributed by atoms with Crippen molar-refractivity contribution in [3.05, 3.63) is 46.5 Å². The van der Waals surface area contributed by atoms with Gasteiger partial charge >= 0.3 is 0 Å². The Morgan fingerprint density at radius 3 is 2.80 bits per heavy atom. The number of ether oxygens (including phenoxy) is 1. The Morgan fingerprint density at radius 1 is 1.30 bits per heavy atom. The minimum Gasteiger partial charge on any atom is -0.467 e. The highest BCUT2D eigenvalue weighted by Gasteiger charge is 2.42. The summed E-state index contributed by atoms with van der Waals surface area (Å²) in [5, 5.41) is 5.02. The number of thiophene rings is 1. The summed E-state index contributed by atoms with van der Waals surface area (Å²) in [6.45, 7) is 1.69. The average molecular weight is 291 g/mol. The van der Waals surface area contributed by atoms with E-state index in [2.05, 4.69) is 5.32 Å². The first-order valence-electron chi connectivity index (χ1n) is 6.74. The van der Waals surface area contributed by atoms with Crippen LogP contribution in [0.3, 0.4) is 0 Å². The Hall–Kier alpha value is -1.59. The zero-order valence-electron chi connectivity index (χ0n) is 11.1. The van der Waals surface area contributed by atoms with Crippen LogP contribution in [0.15, 0.2) is 40.3 Å². The third-order valence-corrected chi connectivity index (χ3v) is 4.85. The molecule has 0 saturated carbocycles. The molecule has 1 saturated heterocycles. The second-order valence-electron chi connectivity index (χ2n) is 4.93. The molecule has 0 spiro atoms. The van der Waals surface area contributed by atoms with E-state index in [0.717, 1.165) is 23.5 Å². The van der Waals surface area contributed by atoms with E-state index in [0.29, 0.717) is 19.8 Å². The molecule has 1 N–H and O–H groups in total. The Morgan fingerprint density at radius 2 is 2.15 bits per heavy atom. The summed E-state index contributed by atoms with van der Waals surface area (Å²) in [4.78, 5) is 13.8. The quantitative estimate of drug-likeness (QED) is 0.942. The molecule has 1 amide bonds. The number of nitrogens with one attached hydrogen (secondary N) is 1. The molecule has 2 aromatic heterocycles. The number of rotatable bonds is 4. The zero-order valence-corrected chi connectivity index (χ0v) is 11.9. The van der Waals surface area contributed by atoms with E-state index in [9.17, 15) is 4.79 Å². The van der Waals surface area contributed by atoms with E-state index in [1.54, 1.807) is 17.6 Å². The SMILES string of the molecule is O=C(NCc1ccco1)C1(c2cccs2)CCOCC1. The first-order chi connectivity index (χ1) is 9.81. The Balaban J connectivity index is 1.77. The fourth-order valence-corrected chi connectivity index (χ4v) is 3.59. The molecule has 1 aliphatic rings. The van der Waals surface area contributed by atoms with Gasteiger partial charge < -0.3 is 14.5 Å². The molecule has 0 bridgehead atoms. The molecule has 3 rings (SSSR count). The summed E-state index contributed by atoms with van der Waals surface area (Å²) in [5.41, 5.74) is -0.445. The van der Waals surface area contributed by atoms with E-state index < -0.39 is 5.41 Å². The second-order valence-corrected chi connectivity index (χ2v) is 5.88.